The zero-order valence-electron chi connectivity index (χ0n) is 18.3. The Morgan fingerprint density at radius 1 is 1.23 bits per heavy atom. The van der Waals surface area contributed by atoms with Crippen molar-refractivity contribution in [1.82, 2.24) is 0 Å². The first kappa shape index (κ1) is 22.4. The molecule has 0 spiro atoms. The van der Waals surface area contributed by atoms with Crippen LogP contribution in [0.3, 0.4) is 0 Å². The van der Waals surface area contributed by atoms with E-state index in [0.717, 1.165) is 44.3 Å². The minimum Gasteiger partial charge on any atom is -0.493 e. The normalized spacial score (nSPS) is 33.5. The summed E-state index contributed by atoms with van der Waals surface area (Å²) >= 11 is 0. The van der Waals surface area contributed by atoms with Crippen LogP contribution in [-0.2, 0) is 15.0 Å². The number of rotatable bonds is 6. The van der Waals surface area contributed by atoms with E-state index in [9.17, 15) is 13.6 Å². The topological polar surface area (TPSA) is 120 Å². The van der Waals surface area contributed by atoms with E-state index in [1.54, 1.807) is 6.07 Å². The number of nitrogens with two attached hydrogens (primary N) is 1. The lowest BCUT2D eigenvalue weighted by Gasteiger charge is -2.52. The zero-order valence-corrected chi connectivity index (χ0v) is 19.2. The first-order valence-corrected chi connectivity index (χ1v) is 12.5. The molecule has 0 amide bonds. The Balaban J connectivity index is 1.77. The lowest BCUT2D eigenvalue weighted by atomic mass is 9.53. The molecule has 4 rings (SSSR count). The Morgan fingerprint density at radius 3 is 2.61 bits per heavy atom. The molecule has 0 bridgehead atoms. The minimum atomic E-state index is -4.22. The van der Waals surface area contributed by atoms with Crippen molar-refractivity contribution in [2.24, 2.45) is 27.5 Å². The van der Waals surface area contributed by atoms with Crippen molar-refractivity contribution in [3.63, 3.8) is 0 Å². The van der Waals surface area contributed by atoms with Gasteiger partial charge in [-0.25, -0.2) is 0 Å². The predicted octanol–water partition coefficient (Wildman–Crippen LogP) is 3.56. The number of hydrogen-bond acceptors (Lipinski definition) is 7. The van der Waals surface area contributed by atoms with Gasteiger partial charge in [-0.2, -0.15) is 13.6 Å². The van der Waals surface area contributed by atoms with E-state index in [1.807, 2.05) is 6.07 Å². The van der Waals surface area contributed by atoms with Crippen molar-refractivity contribution in [2.75, 3.05) is 13.7 Å². The molecule has 8 nitrogen and oxygen atoms in total. The van der Waals surface area contributed by atoms with Gasteiger partial charge in [0.2, 0.25) is 0 Å². The van der Waals surface area contributed by atoms with Crippen LogP contribution in [0.4, 0.5) is 0 Å². The highest BCUT2D eigenvalue weighted by molar-refractivity contribution is 7.84. The molecule has 0 heterocycles. The van der Waals surface area contributed by atoms with Crippen LogP contribution in [0.1, 0.15) is 69.4 Å². The van der Waals surface area contributed by atoms with E-state index < -0.39 is 10.3 Å². The van der Waals surface area contributed by atoms with Crippen LogP contribution in [-0.4, -0.2) is 39.2 Å². The van der Waals surface area contributed by atoms with Crippen LogP contribution in [0.2, 0.25) is 0 Å². The van der Waals surface area contributed by atoms with Gasteiger partial charge in [-0.3, -0.25) is 0 Å². The van der Waals surface area contributed by atoms with Crippen molar-refractivity contribution >= 4 is 16.0 Å². The molecule has 0 aromatic heterocycles. The van der Waals surface area contributed by atoms with Crippen LogP contribution in [0.15, 0.2) is 17.3 Å². The summed E-state index contributed by atoms with van der Waals surface area (Å²) in [7, 11) is -2.75. The van der Waals surface area contributed by atoms with E-state index in [4.69, 9.17) is 18.8 Å². The quantitative estimate of drug-likeness (QED) is 0.503. The van der Waals surface area contributed by atoms with Gasteiger partial charge in [0.1, 0.15) is 0 Å². The lowest BCUT2D eigenvalue weighted by molar-refractivity contribution is -0.0707. The molecule has 3 aliphatic carbocycles. The highest BCUT2D eigenvalue weighted by Gasteiger charge is 2.57. The average molecular weight is 453 g/mol. The second-order valence-electron chi connectivity index (χ2n) is 8.94. The zero-order chi connectivity index (χ0) is 22.4. The molecule has 9 heteroatoms. The van der Waals surface area contributed by atoms with Gasteiger partial charge in [0, 0.05) is 12.2 Å². The smallest absolute Gasteiger partial charge is 0.380 e. The molecule has 2 saturated carbocycles. The number of fused-ring (bicyclic) bond motifs is 5. The monoisotopic (exact) mass is 452 g/mol. The standard InChI is InChI=1S/C22H32N2O6S/c1-4-22-9-8-13-14-11-19(28-3)20(30-31(23,26)27)12-16(14)18(24-25)10-15(13)17(22)6-7-21(22)29-5-2/h11-13,15,17,21,25H,4-10H2,1-3H3,(H2,23,26,27)/b24-18-/t13?,15?,17?,21-,22-/m0/s1. The Kier molecular flexibility index (Phi) is 5.95. The summed E-state index contributed by atoms with van der Waals surface area (Å²) in [6.45, 7) is 5.05. The van der Waals surface area contributed by atoms with Crippen LogP contribution in [0, 0.1) is 17.3 Å². The van der Waals surface area contributed by atoms with Gasteiger partial charge in [-0.1, -0.05) is 12.1 Å². The number of methoxy groups -OCH3 is 1. The van der Waals surface area contributed by atoms with Crippen molar-refractivity contribution in [3.8, 4) is 11.5 Å². The largest absolute Gasteiger partial charge is 0.493 e. The Labute approximate surface area is 184 Å². The SMILES string of the molecule is CCO[C@H]1CCC2C3C/C(=N/O)c4cc(OS(N)(=O)=O)c(OC)cc4C3CC[C@@]21CC. The fourth-order valence-corrected chi connectivity index (χ4v) is 7.13. The molecule has 1 aromatic carbocycles. The number of nitrogens with zero attached hydrogens (tertiary/aromatic N) is 1. The Hall–Kier alpha value is -1.84. The number of ether oxygens (including phenoxy) is 2. The van der Waals surface area contributed by atoms with Gasteiger partial charge in [-0.05, 0) is 86.3 Å². The molecule has 3 unspecified atom stereocenters. The van der Waals surface area contributed by atoms with Crippen LogP contribution < -0.4 is 14.1 Å². The van der Waals surface area contributed by atoms with Crippen LogP contribution in [0.5, 0.6) is 11.5 Å². The van der Waals surface area contributed by atoms with Crippen molar-refractivity contribution in [2.45, 2.75) is 64.4 Å². The maximum Gasteiger partial charge on any atom is 0.380 e. The molecule has 1 aromatic rings. The maximum absolute atomic E-state index is 11.5. The molecule has 31 heavy (non-hydrogen) atoms. The summed E-state index contributed by atoms with van der Waals surface area (Å²) in [5.41, 5.74) is 2.43. The summed E-state index contributed by atoms with van der Waals surface area (Å²) in [6, 6.07) is 3.40. The molecule has 5 atom stereocenters. The highest BCUT2D eigenvalue weighted by Crippen LogP contribution is 2.63. The molecule has 0 aliphatic heterocycles. The first-order valence-electron chi connectivity index (χ1n) is 11.0. The van der Waals surface area contributed by atoms with Gasteiger partial charge in [0.15, 0.2) is 11.5 Å². The average Bonchev–Trinajstić information content (AvgIpc) is 3.10. The van der Waals surface area contributed by atoms with Gasteiger partial charge in [0.05, 0.1) is 18.9 Å². The van der Waals surface area contributed by atoms with Crippen molar-refractivity contribution < 1.29 is 27.3 Å². The fourth-order valence-electron chi connectivity index (χ4n) is 6.75. The van der Waals surface area contributed by atoms with E-state index in [0.29, 0.717) is 35.3 Å². The first-order chi connectivity index (χ1) is 14.8. The molecule has 3 aliphatic rings. The predicted molar refractivity (Wildman–Crippen MR) is 116 cm³/mol. The Bertz CT molecular complexity index is 978. The van der Waals surface area contributed by atoms with Gasteiger partial charge >= 0.3 is 10.3 Å². The Morgan fingerprint density at radius 2 is 2.00 bits per heavy atom. The van der Waals surface area contributed by atoms with E-state index in [1.165, 1.54) is 7.11 Å². The van der Waals surface area contributed by atoms with Crippen LogP contribution in [0.25, 0.3) is 0 Å². The number of oxime groups is 1. The third-order valence-corrected chi connectivity index (χ3v) is 8.31. The second-order valence-corrected chi connectivity index (χ2v) is 10.1. The summed E-state index contributed by atoms with van der Waals surface area (Å²) < 4.78 is 39.5. The summed E-state index contributed by atoms with van der Waals surface area (Å²) in [6.07, 6.45) is 6.26. The third kappa shape index (κ3) is 3.70. The van der Waals surface area contributed by atoms with Crippen molar-refractivity contribution in [3.05, 3.63) is 23.3 Å². The molecule has 0 saturated heterocycles. The van der Waals surface area contributed by atoms with E-state index in [-0.39, 0.29) is 23.2 Å². The minimum absolute atomic E-state index is 0.000611. The van der Waals surface area contributed by atoms with Gasteiger partial charge in [0.25, 0.3) is 0 Å². The summed E-state index contributed by atoms with van der Waals surface area (Å²) in [5, 5.41) is 18.5. The second kappa shape index (κ2) is 8.26. The molecule has 3 N–H and O–H groups in total. The number of benzene rings is 1. The summed E-state index contributed by atoms with van der Waals surface area (Å²) in [5.74, 6) is 1.41. The summed E-state index contributed by atoms with van der Waals surface area (Å²) in [4.78, 5) is 0. The van der Waals surface area contributed by atoms with E-state index >= 15 is 0 Å². The number of hydrogen-bond donors (Lipinski definition) is 2. The van der Waals surface area contributed by atoms with Gasteiger partial charge in [-0.15, -0.1) is 0 Å². The fraction of sp³-hybridized carbons (Fsp3) is 0.682. The third-order valence-electron chi connectivity index (χ3n) is 7.90. The van der Waals surface area contributed by atoms with Crippen LogP contribution >= 0.6 is 0 Å². The maximum atomic E-state index is 11.5. The molecular weight excluding hydrogens is 420 g/mol. The van der Waals surface area contributed by atoms with E-state index in [2.05, 4.69) is 19.0 Å². The molecule has 172 valence electrons. The molecular formula is C22H32N2O6S. The van der Waals surface area contributed by atoms with Gasteiger partial charge < -0.3 is 18.9 Å². The lowest BCUT2D eigenvalue weighted by Crippen LogP contribution is -2.47. The highest BCUT2D eigenvalue weighted by atomic mass is 32.2. The molecule has 0 radical (unpaired) electrons. The van der Waals surface area contributed by atoms with Crippen molar-refractivity contribution in [1.29, 1.82) is 0 Å². The molecule has 2 fully saturated rings.